The Hall–Kier alpha value is -2.18. The SMILES string of the molecule is CC[C@H]1OC(CBr)(n2cnc3c(NC(=O)c4ccccc4)cccc32)[C@@H](C)[C@H]1C. The van der Waals surface area contributed by atoms with Crippen molar-refractivity contribution in [2.24, 2.45) is 11.8 Å². The zero-order valence-electron chi connectivity index (χ0n) is 16.9. The zero-order chi connectivity index (χ0) is 20.6. The minimum absolute atomic E-state index is 0.145. The van der Waals surface area contributed by atoms with Crippen LogP contribution in [0.4, 0.5) is 5.69 Å². The molecule has 0 spiro atoms. The Morgan fingerprint density at radius 1 is 1.21 bits per heavy atom. The molecule has 152 valence electrons. The Morgan fingerprint density at radius 2 is 1.97 bits per heavy atom. The van der Waals surface area contributed by atoms with Crippen molar-refractivity contribution in [1.29, 1.82) is 0 Å². The summed E-state index contributed by atoms with van der Waals surface area (Å²) in [5, 5.41) is 3.68. The molecule has 5 nitrogen and oxygen atoms in total. The average Bonchev–Trinajstić information content (AvgIpc) is 3.30. The molecule has 1 aliphatic heterocycles. The largest absolute Gasteiger partial charge is 0.351 e. The third-order valence-corrected chi connectivity index (χ3v) is 7.11. The maximum Gasteiger partial charge on any atom is 0.255 e. The van der Waals surface area contributed by atoms with Crippen molar-refractivity contribution in [3.63, 3.8) is 0 Å². The van der Waals surface area contributed by atoms with E-state index in [2.05, 4.69) is 51.6 Å². The number of para-hydroxylation sites is 1. The third-order valence-electron chi connectivity index (χ3n) is 6.30. The van der Waals surface area contributed by atoms with Gasteiger partial charge in [-0.25, -0.2) is 4.98 Å². The molecule has 1 fully saturated rings. The van der Waals surface area contributed by atoms with Crippen LogP contribution in [0.25, 0.3) is 11.0 Å². The van der Waals surface area contributed by atoms with Crippen molar-refractivity contribution in [3.8, 4) is 0 Å². The maximum atomic E-state index is 12.6. The Bertz CT molecular complexity index is 1020. The molecule has 2 heterocycles. The Labute approximate surface area is 179 Å². The first-order valence-corrected chi connectivity index (χ1v) is 11.2. The lowest BCUT2D eigenvalue weighted by molar-refractivity contribution is -0.0952. The van der Waals surface area contributed by atoms with Gasteiger partial charge < -0.3 is 10.1 Å². The molecule has 1 unspecified atom stereocenters. The number of alkyl halides is 1. The summed E-state index contributed by atoms with van der Waals surface area (Å²) in [5.74, 6) is 0.607. The summed E-state index contributed by atoms with van der Waals surface area (Å²) >= 11 is 3.71. The molecule has 2 aromatic carbocycles. The number of nitrogens with zero attached hydrogens (tertiary/aromatic N) is 2. The number of amides is 1. The Kier molecular flexibility index (Phi) is 5.49. The third kappa shape index (κ3) is 3.28. The van der Waals surface area contributed by atoms with Gasteiger partial charge in [-0.15, -0.1) is 0 Å². The number of hydrogen-bond acceptors (Lipinski definition) is 3. The standard InChI is InChI=1S/C23H26BrN3O2/c1-4-20-15(2)16(3)23(13-24,29-20)27-14-25-21-18(11-8-12-19(21)27)26-22(28)17-9-6-5-7-10-17/h5-12,14-16,20H,4,13H2,1-3H3,(H,26,28)/t15-,16+,20-,23?/m1/s1. The van der Waals surface area contributed by atoms with E-state index in [0.29, 0.717) is 28.4 Å². The number of carbonyl (C=O) groups excluding carboxylic acids is 1. The molecule has 6 heteroatoms. The number of nitrogens with one attached hydrogen (secondary N) is 1. The second kappa shape index (κ2) is 7.92. The van der Waals surface area contributed by atoms with Gasteiger partial charge in [0.25, 0.3) is 5.91 Å². The molecule has 1 amide bonds. The quantitative estimate of drug-likeness (QED) is 0.522. The fraction of sp³-hybridized carbons (Fsp3) is 0.391. The molecule has 29 heavy (non-hydrogen) atoms. The predicted molar refractivity (Wildman–Crippen MR) is 119 cm³/mol. The number of imidazole rings is 1. The van der Waals surface area contributed by atoms with E-state index in [1.54, 1.807) is 12.1 Å². The summed E-state index contributed by atoms with van der Waals surface area (Å²) in [5.41, 5.74) is 2.53. The highest BCUT2D eigenvalue weighted by atomic mass is 79.9. The van der Waals surface area contributed by atoms with E-state index in [9.17, 15) is 4.79 Å². The van der Waals surface area contributed by atoms with Crippen LogP contribution >= 0.6 is 15.9 Å². The highest BCUT2D eigenvalue weighted by Gasteiger charge is 2.51. The second-order valence-corrected chi connectivity index (χ2v) is 8.36. The minimum atomic E-state index is -0.503. The van der Waals surface area contributed by atoms with Crippen molar-refractivity contribution in [3.05, 3.63) is 60.4 Å². The minimum Gasteiger partial charge on any atom is -0.351 e. The summed E-state index contributed by atoms with van der Waals surface area (Å²) < 4.78 is 8.73. The molecule has 0 saturated carbocycles. The van der Waals surface area contributed by atoms with Crippen molar-refractivity contribution in [2.75, 3.05) is 10.6 Å². The van der Waals surface area contributed by atoms with E-state index in [1.165, 1.54) is 0 Å². The summed E-state index contributed by atoms with van der Waals surface area (Å²) in [6.07, 6.45) is 3.03. The number of fused-ring (bicyclic) bond motifs is 1. The van der Waals surface area contributed by atoms with E-state index in [-0.39, 0.29) is 12.0 Å². The first-order chi connectivity index (χ1) is 14.0. The number of rotatable bonds is 5. The van der Waals surface area contributed by atoms with Crippen LogP contribution in [0.1, 0.15) is 37.6 Å². The van der Waals surface area contributed by atoms with Crippen molar-refractivity contribution < 1.29 is 9.53 Å². The molecular formula is C23H26BrN3O2. The lowest BCUT2D eigenvalue weighted by atomic mass is 9.86. The fourth-order valence-corrected chi connectivity index (χ4v) is 5.30. The van der Waals surface area contributed by atoms with Gasteiger partial charge in [0, 0.05) is 11.5 Å². The highest BCUT2D eigenvalue weighted by molar-refractivity contribution is 9.09. The van der Waals surface area contributed by atoms with Crippen molar-refractivity contribution in [2.45, 2.75) is 39.0 Å². The summed E-state index contributed by atoms with van der Waals surface area (Å²) in [7, 11) is 0. The maximum absolute atomic E-state index is 12.6. The van der Waals surface area contributed by atoms with Gasteiger partial charge in [-0.3, -0.25) is 9.36 Å². The molecule has 3 aromatic rings. The monoisotopic (exact) mass is 455 g/mol. The fourth-order valence-electron chi connectivity index (χ4n) is 4.38. The smallest absolute Gasteiger partial charge is 0.255 e. The van der Waals surface area contributed by atoms with Gasteiger partial charge in [-0.2, -0.15) is 0 Å². The first kappa shape index (κ1) is 20.1. The van der Waals surface area contributed by atoms with Crippen LogP contribution in [-0.4, -0.2) is 26.9 Å². The van der Waals surface area contributed by atoms with Gasteiger partial charge in [0.05, 0.1) is 29.0 Å². The van der Waals surface area contributed by atoms with E-state index >= 15 is 0 Å². The normalized spacial score (nSPS) is 26.7. The molecule has 4 atom stereocenters. The van der Waals surface area contributed by atoms with E-state index in [0.717, 1.165) is 17.5 Å². The topological polar surface area (TPSA) is 56.1 Å². The average molecular weight is 456 g/mol. The van der Waals surface area contributed by atoms with Gasteiger partial charge in [-0.1, -0.05) is 61.0 Å². The van der Waals surface area contributed by atoms with Gasteiger partial charge in [0.2, 0.25) is 0 Å². The Morgan fingerprint density at radius 3 is 2.62 bits per heavy atom. The molecule has 1 saturated heterocycles. The van der Waals surface area contributed by atoms with Crippen LogP contribution < -0.4 is 5.32 Å². The van der Waals surface area contributed by atoms with Crippen LogP contribution in [0.5, 0.6) is 0 Å². The van der Waals surface area contributed by atoms with E-state index < -0.39 is 5.72 Å². The van der Waals surface area contributed by atoms with Gasteiger partial charge in [-0.05, 0) is 36.6 Å². The number of anilines is 1. The summed E-state index contributed by atoms with van der Waals surface area (Å²) in [6, 6.07) is 15.1. The molecule has 1 aromatic heterocycles. The van der Waals surface area contributed by atoms with E-state index in [4.69, 9.17) is 4.74 Å². The van der Waals surface area contributed by atoms with E-state index in [1.807, 2.05) is 42.7 Å². The van der Waals surface area contributed by atoms with Crippen LogP contribution in [-0.2, 0) is 10.5 Å². The number of carbonyl (C=O) groups is 1. The number of ether oxygens (including phenoxy) is 1. The van der Waals surface area contributed by atoms with Gasteiger partial charge in [0.15, 0.2) is 5.72 Å². The Balaban J connectivity index is 1.73. The number of hydrogen-bond donors (Lipinski definition) is 1. The number of benzene rings is 2. The molecule has 1 N–H and O–H groups in total. The zero-order valence-corrected chi connectivity index (χ0v) is 18.5. The van der Waals surface area contributed by atoms with Crippen molar-refractivity contribution >= 4 is 38.6 Å². The second-order valence-electron chi connectivity index (χ2n) is 7.80. The molecule has 1 aliphatic rings. The van der Waals surface area contributed by atoms with Gasteiger partial charge in [0.1, 0.15) is 5.52 Å². The molecular weight excluding hydrogens is 430 g/mol. The summed E-state index contributed by atoms with van der Waals surface area (Å²) in [4.78, 5) is 17.3. The van der Waals surface area contributed by atoms with Gasteiger partial charge >= 0.3 is 0 Å². The number of aromatic nitrogens is 2. The summed E-state index contributed by atoms with van der Waals surface area (Å²) in [6.45, 7) is 6.67. The van der Waals surface area contributed by atoms with Crippen LogP contribution in [0.15, 0.2) is 54.9 Å². The lowest BCUT2D eigenvalue weighted by Crippen LogP contribution is -2.40. The molecule has 0 aliphatic carbocycles. The first-order valence-electron chi connectivity index (χ1n) is 10.1. The van der Waals surface area contributed by atoms with Crippen molar-refractivity contribution in [1.82, 2.24) is 9.55 Å². The predicted octanol–water partition coefficient (Wildman–Crippen LogP) is 5.42. The molecule has 0 radical (unpaired) electrons. The molecule has 4 rings (SSSR count). The lowest BCUT2D eigenvalue weighted by Gasteiger charge is -2.34. The number of halogens is 1. The van der Waals surface area contributed by atoms with Crippen LogP contribution in [0.3, 0.4) is 0 Å². The van der Waals surface area contributed by atoms with Crippen LogP contribution in [0, 0.1) is 11.8 Å². The highest BCUT2D eigenvalue weighted by Crippen LogP contribution is 2.47. The van der Waals surface area contributed by atoms with Crippen LogP contribution in [0.2, 0.25) is 0 Å². The molecule has 0 bridgehead atoms.